The lowest BCUT2D eigenvalue weighted by molar-refractivity contribution is 0.417. The number of rotatable bonds is 4. The van der Waals surface area contributed by atoms with E-state index in [2.05, 4.69) is 15.3 Å². The van der Waals surface area contributed by atoms with Gasteiger partial charge >= 0.3 is 0 Å². The van der Waals surface area contributed by atoms with E-state index < -0.39 is 0 Å². The summed E-state index contributed by atoms with van der Waals surface area (Å²) in [7, 11) is 1.62. The van der Waals surface area contributed by atoms with Crippen LogP contribution in [0.2, 0.25) is 0 Å². The van der Waals surface area contributed by atoms with Gasteiger partial charge in [-0.3, -0.25) is 0 Å². The zero-order chi connectivity index (χ0) is 14.5. The summed E-state index contributed by atoms with van der Waals surface area (Å²) in [6, 6.07) is 7.57. The minimum absolute atomic E-state index is 0.361. The number of ether oxygens (including phenoxy) is 1. The summed E-state index contributed by atoms with van der Waals surface area (Å²) in [4.78, 5) is 9.84. The Bertz CT molecular complexity index is 621. The summed E-state index contributed by atoms with van der Waals surface area (Å²) in [6.07, 6.45) is 0. The molecule has 6 heteroatoms. The number of nitrogens with zero attached hydrogens (tertiary/aromatic N) is 2. The Labute approximate surface area is 122 Å². The molecular formula is C14H18N4OS. The van der Waals surface area contributed by atoms with E-state index >= 15 is 0 Å². The standard InChI is InChI=1S/C14H18N4OS/c1-9-13(20-10(2)17-9)8-16-14(15)18-11-6-4-5-7-12(11)19-3/h4-7H,8H2,1-3H3,(H3,15,16,18). The van der Waals surface area contributed by atoms with Gasteiger partial charge < -0.3 is 15.8 Å². The third-order valence-corrected chi connectivity index (χ3v) is 3.82. The average molecular weight is 290 g/mol. The van der Waals surface area contributed by atoms with Crippen molar-refractivity contribution in [3.63, 3.8) is 0 Å². The van der Waals surface area contributed by atoms with Gasteiger partial charge in [0.1, 0.15) is 5.75 Å². The highest BCUT2D eigenvalue weighted by molar-refractivity contribution is 7.11. The molecule has 3 N–H and O–H groups in total. The Hall–Kier alpha value is -2.08. The first-order valence-electron chi connectivity index (χ1n) is 6.23. The van der Waals surface area contributed by atoms with Crippen LogP contribution in [0.3, 0.4) is 0 Å². The molecule has 2 aromatic rings. The molecule has 1 heterocycles. The molecule has 1 aromatic heterocycles. The number of nitrogens with one attached hydrogen (secondary N) is 1. The summed E-state index contributed by atoms with van der Waals surface area (Å²) in [5, 5.41) is 4.09. The maximum absolute atomic E-state index is 5.90. The number of nitrogens with two attached hydrogens (primary N) is 1. The lowest BCUT2D eigenvalue weighted by Gasteiger charge is -2.09. The third-order valence-electron chi connectivity index (χ3n) is 2.76. The first-order chi connectivity index (χ1) is 9.60. The number of methoxy groups -OCH3 is 1. The zero-order valence-corrected chi connectivity index (χ0v) is 12.6. The van der Waals surface area contributed by atoms with Crippen molar-refractivity contribution in [2.24, 2.45) is 10.7 Å². The monoisotopic (exact) mass is 290 g/mol. The van der Waals surface area contributed by atoms with Crippen LogP contribution in [-0.4, -0.2) is 18.1 Å². The van der Waals surface area contributed by atoms with Crippen molar-refractivity contribution in [1.82, 2.24) is 4.98 Å². The van der Waals surface area contributed by atoms with Crippen LogP contribution in [0.1, 0.15) is 15.6 Å². The summed E-state index contributed by atoms with van der Waals surface area (Å²) >= 11 is 1.64. The second-order valence-electron chi connectivity index (χ2n) is 4.27. The number of hydrogen-bond acceptors (Lipinski definition) is 4. The van der Waals surface area contributed by atoms with Crippen LogP contribution >= 0.6 is 11.3 Å². The first-order valence-corrected chi connectivity index (χ1v) is 7.04. The number of anilines is 1. The molecule has 1 aromatic carbocycles. The van der Waals surface area contributed by atoms with Crippen LogP contribution < -0.4 is 15.8 Å². The minimum atomic E-state index is 0.361. The molecule has 0 saturated heterocycles. The molecule has 0 amide bonds. The van der Waals surface area contributed by atoms with E-state index in [1.165, 1.54) is 0 Å². The second-order valence-corrected chi connectivity index (χ2v) is 5.56. The van der Waals surface area contributed by atoms with Crippen molar-refractivity contribution in [3.05, 3.63) is 39.8 Å². The normalized spacial score (nSPS) is 11.4. The number of thiazole rings is 1. The van der Waals surface area contributed by atoms with Gasteiger partial charge in [-0.2, -0.15) is 0 Å². The molecule has 0 aliphatic carbocycles. The largest absolute Gasteiger partial charge is 0.495 e. The SMILES string of the molecule is COc1ccccc1NC(N)=NCc1sc(C)nc1C. The Morgan fingerprint density at radius 1 is 1.40 bits per heavy atom. The van der Waals surface area contributed by atoms with Gasteiger partial charge in [0, 0.05) is 4.88 Å². The molecule has 0 aliphatic rings. The lowest BCUT2D eigenvalue weighted by Crippen LogP contribution is -2.22. The fraction of sp³-hybridized carbons (Fsp3) is 0.286. The summed E-state index contributed by atoms with van der Waals surface area (Å²) in [5.74, 6) is 1.09. The summed E-state index contributed by atoms with van der Waals surface area (Å²) in [5.41, 5.74) is 7.72. The van der Waals surface area contributed by atoms with Crippen molar-refractivity contribution in [1.29, 1.82) is 0 Å². The summed E-state index contributed by atoms with van der Waals surface area (Å²) in [6.45, 7) is 4.50. The van der Waals surface area contributed by atoms with E-state index in [1.54, 1.807) is 18.4 Å². The van der Waals surface area contributed by atoms with Gasteiger partial charge in [-0.05, 0) is 26.0 Å². The molecule has 0 unspecified atom stereocenters. The number of aromatic nitrogens is 1. The van der Waals surface area contributed by atoms with Crippen LogP contribution in [0.25, 0.3) is 0 Å². The average Bonchev–Trinajstić information content (AvgIpc) is 2.75. The molecule has 106 valence electrons. The number of benzene rings is 1. The topological polar surface area (TPSA) is 72.5 Å². The van der Waals surface area contributed by atoms with E-state index in [4.69, 9.17) is 10.5 Å². The molecule has 0 radical (unpaired) electrons. The Balaban J connectivity index is 2.06. The van der Waals surface area contributed by atoms with E-state index in [0.29, 0.717) is 12.5 Å². The first kappa shape index (κ1) is 14.3. The highest BCUT2D eigenvalue weighted by atomic mass is 32.1. The van der Waals surface area contributed by atoms with Gasteiger partial charge in [-0.25, -0.2) is 9.98 Å². The molecule has 2 rings (SSSR count). The fourth-order valence-electron chi connectivity index (χ4n) is 1.80. The van der Waals surface area contributed by atoms with E-state index in [-0.39, 0.29) is 0 Å². The maximum atomic E-state index is 5.90. The lowest BCUT2D eigenvalue weighted by atomic mass is 10.3. The number of hydrogen-bond donors (Lipinski definition) is 2. The van der Waals surface area contributed by atoms with Crippen molar-refractivity contribution >= 4 is 23.0 Å². The van der Waals surface area contributed by atoms with E-state index in [0.717, 1.165) is 27.0 Å². The smallest absolute Gasteiger partial charge is 0.193 e. The maximum Gasteiger partial charge on any atom is 0.193 e. The molecular weight excluding hydrogens is 272 g/mol. The molecule has 0 atom stereocenters. The molecule has 0 saturated carbocycles. The summed E-state index contributed by atoms with van der Waals surface area (Å²) < 4.78 is 5.25. The third kappa shape index (κ3) is 3.48. The van der Waals surface area contributed by atoms with Gasteiger partial charge in [-0.1, -0.05) is 12.1 Å². The highest BCUT2D eigenvalue weighted by Gasteiger charge is 2.05. The molecule has 0 fully saturated rings. The second kappa shape index (κ2) is 6.38. The van der Waals surface area contributed by atoms with Gasteiger partial charge in [0.2, 0.25) is 0 Å². The number of aliphatic imine (C=N–C) groups is 1. The van der Waals surface area contributed by atoms with Crippen LogP contribution in [0.15, 0.2) is 29.3 Å². The van der Waals surface area contributed by atoms with Crippen LogP contribution in [-0.2, 0) is 6.54 Å². The fourth-order valence-corrected chi connectivity index (χ4v) is 2.66. The van der Waals surface area contributed by atoms with Crippen LogP contribution in [0.4, 0.5) is 5.69 Å². The van der Waals surface area contributed by atoms with Crippen molar-refractivity contribution in [3.8, 4) is 5.75 Å². The Morgan fingerprint density at radius 2 is 2.15 bits per heavy atom. The van der Waals surface area contributed by atoms with E-state index in [1.807, 2.05) is 38.1 Å². The number of guanidine groups is 1. The van der Waals surface area contributed by atoms with E-state index in [9.17, 15) is 0 Å². The van der Waals surface area contributed by atoms with Crippen molar-refractivity contribution in [2.75, 3.05) is 12.4 Å². The predicted molar refractivity (Wildman–Crippen MR) is 83.5 cm³/mol. The van der Waals surface area contributed by atoms with Crippen LogP contribution in [0.5, 0.6) is 5.75 Å². The predicted octanol–water partition coefficient (Wildman–Crippen LogP) is 2.70. The number of para-hydroxylation sites is 2. The van der Waals surface area contributed by atoms with Crippen molar-refractivity contribution in [2.45, 2.75) is 20.4 Å². The Morgan fingerprint density at radius 3 is 2.80 bits per heavy atom. The Kier molecular flexibility index (Phi) is 4.57. The minimum Gasteiger partial charge on any atom is -0.495 e. The zero-order valence-electron chi connectivity index (χ0n) is 11.8. The van der Waals surface area contributed by atoms with Gasteiger partial charge in [0.15, 0.2) is 5.96 Å². The molecule has 5 nitrogen and oxygen atoms in total. The molecule has 0 spiro atoms. The number of aryl methyl sites for hydroxylation is 2. The van der Waals surface area contributed by atoms with Gasteiger partial charge in [-0.15, -0.1) is 11.3 Å². The highest BCUT2D eigenvalue weighted by Crippen LogP contribution is 2.23. The van der Waals surface area contributed by atoms with Crippen molar-refractivity contribution < 1.29 is 4.74 Å². The van der Waals surface area contributed by atoms with Gasteiger partial charge in [0.05, 0.1) is 30.0 Å². The molecule has 0 aliphatic heterocycles. The molecule has 0 bridgehead atoms. The molecule has 20 heavy (non-hydrogen) atoms. The van der Waals surface area contributed by atoms with Gasteiger partial charge in [0.25, 0.3) is 0 Å². The quantitative estimate of drug-likeness (QED) is 0.671. The van der Waals surface area contributed by atoms with Crippen LogP contribution in [0, 0.1) is 13.8 Å².